The maximum atomic E-state index is 11.9. The van der Waals surface area contributed by atoms with Gasteiger partial charge in [-0.25, -0.2) is 4.98 Å². The average molecular weight is 337 g/mol. The molecule has 0 aliphatic heterocycles. The fraction of sp³-hybridized carbons (Fsp3) is 0.250. The lowest BCUT2D eigenvalue weighted by molar-refractivity contribution is -0.118. The van der Waals surface area contributed by atoms with Crippen molar-refractivity contribution in [2.24, 2.45) is 0 Å². The molecule has 1 heterocycles. The molecule has 3 rings (SSSR count). The SMILES string of the molecule is O=C(COc1ccc2c(c1)CCC2)Nc1ncc(Cl)cc1Cl. The van der Waals surface area contributed by atoms with Gasteiger partial charge in [0.1, 0.15) is 5.75 Å². The van der Waals surface area contributed by atoms with Crippen molar-refractivity contribution in [3.63, 3.8) is 0 Å². The molecule has 1 aromatic carbocycles. The molecule has 1 aliphatic carbocycles. The summed E-state index contributed by atoms with van der Waals surface area (Å²) in [6.45, 7) is -0.0978. The molecule has 0 atom stereocenters. The van der Waals surface area contributed by atoms with Crippen LogP contribution in [0.2, 0.25) is 10.0 Å². The summed E-state index contributed by atoms with van der Waals surface area (Å²) in [7, 11) is 0. The predicted octanol–water partition coefficient (Wildman–Crippen LogP) is 3.89. The molecule has 1 aromatic heterocycles. The lowest BCUT2D eigenvalue weighted by Gasteiger charge is -2.09. The van der Waals surface area contributed by atoms with Gasteiger partial charge < -0.3 is 10.1 Å². The molecule has 1 amide bonds. The summed E-state index contributed by atoms with van der Waals surface area (Å²) in [4.78, 5) is 15.9. The van der Waals surface area contributed by atoms with E-state index in [0.29, 0.717) is 15.8 Å². The Morgan fingerprint density at radius 1 is 1.23 bits per heavy atom. The van der Waals surface area contributed by atoms with Crippen molar-refractivity contribution >= 4 is 34.9 Å². The summed E-state index contributed by atoms with van der Waals surface area (Å²) < 4.78 is 5.52. The lowest BCUT2D eigenvalue weighted by Crippen LogP contribution is -2.21. The van der Waals surface area contributed by atoms with Crippen LogP contribution in [0.15, 0.2) is 30.5 Å². The molecule has 1 N–H and O–H groups in total. The third-order valence-corrected chi connectivity index (χ3v) is 4.00. The lowest BCUT2D eigenvalue weighted by atomic mass is 10.1. The Morgan fingerprint density at radius 2 is 2.05 bits per heavy atom. The number of pyridine rings is 1. The molecule has 4 nitrogen and oxygen atoms in total. The van der Waals surface area contributed by atoms with Crippen molar-refractivity contribution in [1.82, 2.24) is 4.98 Å². The summed E-state index contributed by atoms with van der Waals surface area (Å²) in [5.74, 6) is 0.650. The number of aromatic nitrogens is 1. The van der Waals surface area contributed by atoms with Gasteiger partial charge >= 0.3 is 0 Å². The first-order chi connectivity index (χ1) is 10.6. The second-order valence-corrected chi connectivity index (χ2v) is 5.95. The highest BCUT2D eigenvalue weighted by atomic mass is 35.5. The molecule has 0 fully saturated rings. The highest BCUT2D eigenvalue weighted by molar-refractivity contribution is 6.36. The fourth-order valence-electron chi connectivity index (χ4n) is 2.46. The van der Waals surface area contributed by atoms with Crippen LogP contribution in [0.3, 0.4) is 0 Å². The standard InChI is InChI=1S/C16H14Cl2N2O2/c17-12-7-14(18)16(19-8-12)20-15(21)9-22-13-5-4-10-2-1-3-11(10)6-13/h4-8H,1-3,9H2,(H,19,20,21). The molecule has 0 radical (unpaired) electrons. The maximum absolute atomic E-state index is 11.9. The number of nitrogens with zero attached hydrogens (tertiary/aromatic N) is 1. The topological polar surface area (TPSA) is 51.2 Å². The van der Waals surface area contributed by atoms with Crippen LogP contribution >= 0.6 is 23.2 Å². The van der Waals surface area contributed by atoms with E-state index in [1.807, 2.05) is 12.1 Å². The number of ether oxygens (including phenoxy) is 1. The molecule has 0 saturated carbocycles. The molecule has 0 bridgehead atoms. The molecule has 114 valence electrons. The van der Waals surface area contributed by atoms with Gasteiger partial charge in [-0.05, 0) is 48.6 Å². The summed E-state index contributed by atoms with van der Waals surface area (Å²) in [6, 6.07) is 7.48. The third kappa shape index (κ3) is 3.51. The number of benzene rings is 1. The minimum absolute atomic E-state index is 0.0978. The Balaban J connectivity index is 1.58. The van der Waals surface area contributed by atoms with E-state index in [4.69, 9.17) is 27.9 Å². The number of fused-ring (bicyclic) bond motifs is 1. The number of hydrogen-bond acceptors (Lipinski definition) is 3. The van der Waals surface area contributed by atoms with Gasteiger partial charge in [-0.15, -0.1) is 0 Å². The number of nitrogens with one attached hydrogen (secondary N) is 1. The van der Waals surface area contributed by atoms with E-state index in [-0.39, 0.29) is 18.3 Å². The van der Waals surface area contributed by atoms with E-state index in [0.717, 1.165) is 12.8 Å². The third-order valence-electron chi connectivity index (χ3n) is 3.51. The summed E-state index contributed by atoms with van der Waals surface area (Å²) in [5, 5.41) is 3.30. The number of carbonyl (C=O) groups is 1. The zero-order valence-electron chi connectivity index (χ0n) is 11.7. The first-order valence-electron chi connectivity index (χ1n) is 6.97. The van der Waals surface area contributed by atoms with Crippen molar-refractivity contribution in [1.29, 1.82) is 0 Å². The van der Waals surface area contributed by atoms with Gasteiger partial charge in [-0.2, -0.15) is 0 Å². The molecule has 22 heavy (non-hydrogen) atoms. The zero-order chi connectivity index (χ0) is 15.5. The van der Waals surface area contributed by atoms with E-state index in [1.165, 1.54) is 29.8 Å². The molecule has 0 saturated heterocycles. The van der Waals surface area contributed by atoms with E-state index in [1.54, 1.807) is 0 Å². The number of carbonyl (C=O) groups excluding carboxylic acids is 1. The molecular formula is C16H14Cl2N2O2. The van der Waals surface area contributed by atoms with Gasteiger partial charge in [-0.3, -0.25) is 4.79 Å². The molecule has 6 heteroatoms. The minimum atomic E-state index is -0.322. The number of hydrogen-bond donors (Lipinski definition) is 1. The number of halogens is 2. The van der Waals surface area contributed by atoms with E-state index in [9.17, 15) is 4.79 Å². The second kappa shape index (κ2) is 6.55. The van der Waals surface area contributed by atoms with Crippen molar-refractivity contribution in [3.05, 3.63) is 51.6 Å². The van der Waals surface area contributed by atoms with Gasteiger partial charge in [0.25, 0.3) is 5.91 Å². The fourth-order valence-corrected chi connectivity index (χ4v) is 2.89. The molecule has 0 unspecified atom stereocenters. The van der Waals surface area contributed by atoms with E-state index in [2.05, 4.69) is 16.4 Å². The van der Waals surface area contributed by atoms with Crippen LogP contribution in [0.4, 0.5) is 5.82 Å². The van der Waals surface area contributed by atoms with Crippen LogP contribution in [0.25, 0.3) is 0 Å². The van der Waals surface area contributed by atoms with Crippen molar-refractivity contribution in [2.75, 3.05) is 11.9 Å². The summed E-state index contributed by atoms with van der Waals surface area (Å²) in [5.41, 5.74) is 2.68. The Bertz CT molecular complexity index is 719. The van der Waals surface area contributed by atoms with Gasteiger partial charge in [0.05, 0.1) is 10.0 Å². The van der Waals surface area contributed by atoms with Gasteiger partial charge in [0.15, 0.2) is 12.4 Å². The molecule has 0 spiro atoms. The first kappa shape index (κ1) is 15.1. The Kier molecular flexibility index (Phi) is 4.50. The van der Waals surface area contributed by atoms with Crippen molar-refractivity contribution in [3.8, 4) is 5.75 Å². The maximum Gasteiger partial charge on any atom is 0.263 e. The average Bonchev–Trinajstić information content (AvgIpc) is 2.95. The normalized spacial score (nSPS) is 12.8. The number of rotatable bonds is 4. The van der Waals surface area contributed by atoms with Crippen LogP contribution in [0, 0.1) is 0 Å². The van der Waals surface area contributed by atoms with Crippen LogP contribution < -0.4 is 10.1 Å². The largest absolute Gasteiger partial charge is 0.484 e. The highest BCUT2D eigenvalue weighted by Gasteiger charge is 2.12. The van der Waals surface area contributed by atoms with Crippen molar-refractivity contribution < 1.29 is 9.53 Å². The Hall–Kier alpha value is -1.78. The second-order valence-electron chi connectivity index (χ2n) is 5.10. The van der Waals surface area contributed by atoms with Crippen LogP contribution in [-0.4, -0.2) is 17.5 Å². The molecule has 1 aliphatic rings. The van der Waals surface area contributed by atoms with Crippen LogP contribution in [0.5, 0.6) is 5.75 Å². The van der Waals surface area contributed by atoms with Crippen LogP contribution in [0.1, 0.15) is 17.5 Å². The highest BCUT2D eigenvalue weighted by Crippen LogP contribution is 2.26. The summed E-state index contributed by atoms with van der Waals surface area (Å²) >= 11 is 11.7. The number of anilines is 1. The monoisotopic (exact) mass is 336 g/mol. The van der Waals surface area contributed by atoms with Crippen LogP contribution in [-0.2, 0) is 17.6 Å². The zero-order valence-corrected chi connectivity index (χ0v) is 13.2. The van der Waals surface area contributed by atoms with E-state index >= 15 is 0 Å². The number of aryl methyl sites for hydroxylation is 2. The minimum Gasteiger partial charge on any atom is -0.484 e. The Morgan fingerprint density at radius 3 is 2.86 bits per heavy atom. The quantitative estimate of drug-likeness (QED) is 0.921. The van der Waals surface area contributed by atoms with Gasteiger partial charge in [-0.1, -0.05) is 29.3 Å². The predicted molar refractivity (Wildman–Crippen MR) is 86.8 cm³/mol. The van der Waals surface area contributed by atoms with E-state index < -0.39 is 0 Å². The summed E-state index contributed by atoms with van der Waals surface area (Å²) in [6.07, 6.45) is 4.80. The van der Waals surface area contributed by atoms with Gasteiger partial charge in [0, 0.05) is 6.20 Å². The first-order valence-corrected chi connectivity index (χ1v) is 7.73. The van der Waals surface area contributed by atoms with Crippen molar-refractivity contribution in [2.45, 2.75) is 19.3 Å². The molecule has 2 aromatic rings. The smallest absolute Gasteiger partial charge is 0.263 e. The molecular weight excluding hydrogens is 323 g/mol. The van der Waals surface area contributed by atoms with Gasteiger partial charge in [0.2, 0.25) is 0 Å². The number of amides is 1. The Labute approximate surface area is 138 Å².